The van der Waals surface area contributed by atoms with Crippen molar-refractivity contribution in [3.8, 4) is 0 Å². The lowest BCUT2D eigenvalue weighted by Gasteiger charge is -2.28. The molecule has 1 aliphatic rings. The van der Waals surface area contributed by atoms with Gasteiger partial charge in [-0.2, -0.15) is 0 Å². The van der Waals surface area contributed by atoms with E-state index in [1.165, 1.54) is 32.1 Å². The lowest BCUT2D eigenvalue weighted by Crippen LogP contribution is -2.14. The Morgan fingerprint density at radius 2 is 0.667 bits per heavy atom. The normalized spacial score (nSPS) is 11.6. The molecule has 0 amide bonds. The van der Waals surface area contributed by atoms with E-state index in [-0.39, 0.29) is 0 Å². The lowest BCUT2D eigenvalue weighted by atomic mass is 9.78. The quantitative estimate of drug-likeness (QED) is 0.411. The molecule has 0 spiro atoms. The van der Waals surface area contributed by atoms with Gasteiger partial charge in [-0.25, -0.2) is 0 Å². The maximum absolute atomic E-state index is 4.47. The third kappa shape index (κ3) is 48.8. The van der Waals surface area contributed by atoms with Gasteiger partial charge in [0.05, 0.1) is 0 Å². The molecule has 0 N–H and O–H groups in total. The first-order valence-electron chi connectivity index (χ1n) is 13.1. The summed E-state index contributed by atoms with van der Waals surface area (Å²) in [6, 6.07) is 24.0. The fraction of sp³-hybridized carbons (Fsp3) is 0.613. The van der Waals surface area contributed by atoms with Crippen LogP contribution >= 0.6 is 0 Å². The average Bonchev–Trinajstić information content (AvgIpc) is 2.92. The summed E-state index contributed by atoms with van der Waals surface area (Å²) in [5.74, 6) is 0. The molecule has 0 radical (unpaired) electrons. The van der Waals surface area contributed by atoms with E-state index in [2.05, 4.69) is 23.3 Å². The molecule has 1 saturated carbocycles. The Hall–Kier alpha value is -1.64. The zero-order chi connectivity index (χ0) is 26.6. The Bertz CT molecular complexity index is 360. The standard InChI is InChI=1S/C8H16.2C6H6.C3H8O2.4C2H6/c1-8(2)6-4-3-5-7-8;2*1-2-4-6-5-3-1;1-4-3-5-2;4*1-2/h3-7H2,1-2H3;2*1-6H;3H2,1-2H3;4*1-2H3. The van der Waals surface area contributed by atoms with Crippen molar-refractivity contribution in [3.63, 3.8) is 0 Å². The molecule has 0 saturated heterocycles. The van der Waals surface area contributed by atoms with Crippen molar-refractivity contribution in [3.05, 3.63) is 72.8 Å². The van der Waals surface area contributed by atoms with Crippen molar-refractivity contribution in [1.82, 2.24) is 0 Å². The number of benzene rings is 2. The first kappa shape index (κ1) is 41.6. The van der Waals surface area contributed by atoms with Crippen molar-refractivity contribution >= 4 is 0 Å². The van der Waals surface area contributed by atoms with Crippen LogP contribution in [-0.4, -0.2) is 21.0 Å². The molecule has 0 atom stereocenters. The summed E-state index contributed by atoms with van der Waals surface area (Å²) in [6.07, 6.45) is 7.31. The van der Waals surface area contributed by atoms with Crippen LogP contribution < -0.4 is 0 Å². The van der Waals surface area contributed by atoms with Crippen molar-refractivity contribution in [1.29, 1.82) is 0 Å². The SMILES string of the molecule is CC.CC.CC.CC.CC1(C)CCCCC1.COCOC.c1ccccc1.c1ccccc1. The highest BCUT2D eigenvalue weighted by atomic mass is 16.6. The van der Waals surface area contributed by atoms with Gasteiger partial charge in [0.2, 0.25) is 0 Å². The fourth-order valence-corrected chi connectivity index (χ4v) is 2.40. The summed E-state index contributed by atoms with van der Waals surface area (Å²) in [5.41, 5.74) is 0.679. The van der Waals surface area contributed by atoms with Crippen molar-refractivity contribution < 1.29 is 9.47 Å². The maximum atomic E-state index is 4.47. The molecule has 0 aromatic heterocycles. The van der Waals surface area contributed by atoms with E-state index in [9.17, 15) is 0 Å². The second-order valence-corrected chi connectivity index (χ2v) is 6.73. The Labute approximate surface area is 210 Å². The van der Waals surface area contributed by atoms with E-state index in [0.29, 0.717) is 12.2 Å². The summed E-state index contributed by atoms with van der Waals surface area (Å²) < 4.78 is 8.94. The summed E-state index contributed by atoms with van der Waals surface area (Å²) in [7, 11) is 3.17. The highest BCUT2D eigenvalue weighted by molar-refractivity contribution is 4.99. The van der Waals surface area contributed by atoms with Crippen molar-refractivity contribution in [2.45, 2.75) is 101 Å². The molecule has 0 heterocycles. The predicted octanol–water partition coefficient (Wildman–Crippen LogP) is 10.7. The number of rotatable bonds is 2. The monoisotopic (exact) mass is 464 g/mol. The molecule has 2 heteroatoms. The topological polar surface area (TPSA) is 18.5 Å². The molecule has 2 nitrogen and oxygen atoms in total. The highest BCUT2D eigenvalue weighted by Gasteiger charge is 2.19. The smallest absolute Gasteiger partial charge is 0.145 e. The van der Waals surface area contributed by atoms with E-state index < -0.39 is 0 Å². The first-order chi connectivity index (χ1) is 16.1. The molecule has 0 aliphatic heterocycles. The van der Waals surface area contributed by atoms with Gasteiger partial charge in [0.1, 0.15) is 6.79 Å². The zero-order valence-corrected chi connectivity index (χ0v) is 24.5. The first-order valence-corrected chi connectivity index (χ1v) is 13.1. The molecular formula is C31H60O2. The van der Waals surface area contributed by atoms with E-state index in [1.807, 2.05) is 128 Å². The number of hydrogen-bond donors (Lipinski definition) is 0. The Kier molecular flexibility index (Phi) is 55.6. The van der Waals surface area contributed by atoms with Crippen molar-refractivity contribution in [2.75, 3.05) is 21.0 Å². The molecule has 2 aromatic carbocycles. The molecule has 1 aliphatic carbocycles. The van der Waals surface area contributed by atoms with Crippen LogP contribution in [0.1, 0.15) is 101 Å². The van der Waals surface area contributed by atoms with Gasteiger partial charge in [0, 0.05) is 14.2 Å². The number of methoxy groups -OCH3 is 2. The van der Waals surface area contributed by atoms with Gasteiger partial charge < -0.3 is 9.47 Å². The summed E-state index contributed by atoms with van der Waals surface area (Å²) in [4.78, 5) is 0. The minimum Gasteiger partial charge on any atom is -0.359 e. The molecule has 0 bridgehead atoms. The summed E-state index contributed by atoms with van der Waals surface area (Å²) in [6.45, 7) is 21.2. The Balaban J connectivity index is -0.0000000967. The van der Waals surface area contributed by atoms with Crippen LogP contribution in [-0.2, 0) is 9.47 Å². The Morgan fingerprint density at radius 3 is 0.758 bits per heavy atom. The lowest BCUT2D eigenvalue weighted by molar-refractivity contribution is -0.00272. The van der Waals surface area contributed by atoms with Crippen LogP contribution in [0.4, 0.5) is 0 Å². The molecule has 196 valence electrons. The van der Waals surface area contributed by atoms with Crippen LogP contribution in [0.15, 0.2) is 72.8 Å². The zero-order valence-electron chi connectivity index (χ0n) is 24.5. The maximum Gasteiger partial charge on any atom is 0.145 e. The average molecular weight is 465 g/mol. The second-order valence-electron chi connectivity index (χ2n) is 6.73. The van der Waals surface area contributed by atoms with Crippen LogP contribution in [0.25, 0.3) is 0 Å². The van der Waals surface area contributed by atoms with Gasteiger partial charge in [0.15, 0.2) is 0 Å². The highest BCUT2D eigenvalue weighted by Crippen LogP contribution is 2.34. The molecule has 3 rings (SSSR count). The third-order valence-electron chi connectivity index (χ3n) is 3.78. The minimum atomic E-state index is 0.389. The van der Waals surface area contributed by atoms with Gasteiger partial charge in [-0.05, 0) is 18.3 Å². The Morgan fingerprint density at radius 1 is 0.455 bits per heavy atom. The van der Waals surface area contributed by atoms with E-state index in [4.69, 9.17) is 0 Å². The van der Waals surface area contributed by atoms with E-state index >= 15 is 0 Å². The molecule has 33 heavy (non-hydrogen) atoms. The summed E-state index contributed by atoms with van der Waals surface area (Å²) >= 11 is 0. The molecule has 1 fully saturated rings. The second kappa shape index (κ2) is 44.1. The van der Waals surface area contributed by atoms with Gasteiger partial charge in [-0.1, -0.05) is 161 Å². The van der Waals surface area contributed by atoms with Gasteiger partial charge in [-0.3, -0.25) is 0 Å². The molecular weight excluding hydrogens is 404 g/mol. The third-order valence-corrected chi connectivity index (χ3v) is 3.78. The van der Waals surface area contributed by atoms with Crippen molar-refractivity contribution in [2.24, 2.45) is 5.41 Å². The van der Waals surface area contributed by atoms with E-state index in [0.717, 1.165) is 0 Å². The molecule has 2 aromatic rings. The predicted molar refractivity (Wildman–Crippen MR) is 154 cm³/mol. The fourth-order valence-electron chi connectivity index (χ4n) is 2.40. The van der Waals surface area contributed by atoms with Crippen LogP contribution in [0, 0.1) is 5.41 Å². The van der Waals surface area contributed by atoms with Gasteiger partial charge >= 0.3 is 0 Å². The van der Waals surface area contributed by atoms with Gasteiger partial charge in [-0.15, -0.1) is 0 Å². The van der Waals surface area contributed by atoms with Gasteiger partial charge in [0.25, 0.3) is 0 Å². The number of hydrogen-bond acceptors (Lipinski definition) is 2. The summed E-state index contributed by atoms with van der Waals surface area (Å²) in [5, 5.41) is 0. The van der Waals surface area contributed by atoms with E-state index in [1.54, 1.807) is 14.2 Å². The van der Waals surface area contributed by atoms with Crippen LogP contribution in [0.3, 0.4) is 0 Å². The molecule has 0 unspecified atom stereocenters. The number of ether oxygens (including phenoxy) is 2. The largest absolute Gasteiger partial charge is 0.359 e. The van der Waals surface area contributed by atoms with Crippen LogP contribution in [0.5, 0.6) is 0 Å². The van der Waals surface area contributed by atoms with Crippen LogP contribution in [0.2, 0.25) is 0 Å². The minimum absolute atomic E-state index is 0.389.